The number of aromatic nitrogens is 1. The van der Waals surface area contributed by atoms with Gasteiger partial charge >= 0.3 is 6.03 Å². The second-order valence-electron chi connectivity index (χ2n) is 5.04. The van der Waals surface area contributed by atoms with E-state index in [1.165, 1.54) is 18.2 Å². The van der Waals surface area contributed by atoms with Crippen LogP contribution in [0.2, 0.25) is 5.02 Å². The third-order valence-corrected chi connectivity index (χ3v) is 4.28. The van der Waals surface area contributed by atoms with Crippen LogP contribution in [-0.4, -0.2) is 11.0 Å². The van der Waals surface area contributed by atoms with Gasteiger partial charge in [0.05, 0.1) is 15.7 Å². The largest absolute Gasteiger partial charge is 0.323 e. The topological polar surface area (TPSA) is 54.0 Å². The minimum Gasteiger partial charge on any atom is -0.308 e. The first-order chi connectivity index (χ1) is 11.5. The normalized spacial score (nSPS) is 10.5. The Morgan fingerprint density at radius 2 is 1.92 bits per heavy atom. The number of aryl methyl sites for hydroxylation is 1. The summed E-state index contributed by atoms with van der Waals surface area (Å²) in [6.45, 7) is 1.94. The van der Waals surface area contributed by atoms with Crippen LogP contribution in [0.5, 0.6) is 0 Å². The zero-order valence-electron chi connectivity index (χ0n) is 12.6. The molecule has 3 aromatic rings. The van der Waals surface area contributed by atoms with E-state index in [0.29, 0.717) is 11.4 Å². The van der Waals surface area contributed by atoms with Crippen LogP contribution >= 0.6 is 22.9 Å². The lowest BCUT2D eigenvalue weighted by Gasteiger charge is -2.09. The lowest BCUT2D eigenvalue weighted by Crippen LogP contribution is -2.19. The van der Waals surface area contributed by atoms with E-state index in [0.717, 1.165) is 16.3 Å². The minimum absolute atomic E-state index is 0.0475. The Morgan fingerprint density at radius 1 is 1.17 bits per heavy atom. The molecule has 0 atom stereocenters. The van der Waals surface area contributed by atoms with E-state index in [1.807, 2.05) is 30.5 Å². The number of halogens is 2. The number of urea groups is 1. The summed E-state index contributed by atoms with van der Waals surface area (Å²) < 4.78 is 13.1. The van der Waals surface area contributed by atoms with E-state index >= 15 is 0 Å². The summed E-state index contributed by atoms with van der Waals surface area (Å²) in [6, 6.07) is 10.9. The number of anilines is 2. The van der Waals surface area contributed by atoms with Crippen LogP contribution in [0.3, 0.4) is 0 Å². The van der Waals surface area contributed by atoms with Gasteiger partial charge in [-0.1, -0.05) is 23.7 Å². The average Bonchev–Trinajstić information content (AvgIpc) is 2.98. The Bertz CT molecular complexity index is 897. The fourth-order valence-electron chi connectivity index (χ4n) is 2.12. The average molecular weight is 362 g/mol. The third kappa shape index (κ3) is 3.90. The summed E-state index contributed by atoms with van der Waals surface area (Å²) in [5, 5.41) is 8.24. The number of carbonyl (C=O) groups excluding carboxylic acids is 1. The zero-order valence-corrected chi connectivity index (χ0v) is 14.2. The lowest BCUT2D eigenvalue weighted by atomic mass is 10.1. The van der Waals surface area contributed by atoms with Crippen molar-refractivity contribution in [2.24, 2.45) is 0 Å². The van der Waals surface area contributed by atoms with Crippen molar-refractivity contribution in [3.63, 3.8) is 0 Å². The molecule has 24 heavy (non-hydrogen) atoms. The molecule has 0 saturated heterocycles. The molecule has 0 aliphatic carbocycles. The molecule has 2 N–H and O–H groups in total. The van der Waals surface area contributed by atoms with Crippen molar-refractivity contribution in [3.8, 4) is 11.3 Å². The van der Waals surface area contributed by atoms with Crippen molar-refractivity contribution >= 4 is 40.3 Å². The summed E-state index contributed by atoms with van der Waals surface area (Å²) in [5.41, 5.74) is 2.82. The number of nitrogens with zero attached hydrogens (tertiary/aromatic N) is 1. The molecule has 7 heteroatoms. The molecule has 0 unspecified atom stereocenters. The maximum Gasteiger partial charge on any atom is 0.323 e. The number of hydrogen-bond donors (Lipinski definition) is 2. The van der Waals surface area contributed by atoms with Crippen molar-refractivity contribution in [3.05, 3.63) is 63.7 Å². The summed E-state index contributed by atoms with van der Waals surface area (Å²) in [7, 11) is 0. The first-order valence-corrected chi connectivity index (χ1v) is 8.32. The van der Waals surface area contributed by atoms with E-state index in [1.54, 1.807) is 17.4 Å². The number of nitrogens with one attached hydrogen (secondary N) is 2. The first kappa shape index (κ1) is 16.4. The number of thiazole rings is 1. The third-order valence-electron chi connectivity index (χ3n) is 3.21. The second kappa shape index (κ2) is 6.98. The Kier molecular flexibility index (Phi) is 4.78. The standard InChI is InChI=1S/C17H13ClFN3OS/c1-10-20-16(9-24-10)11-3-2-4-12(7-11)21-17(23)22-13-5-6-15(19)14(18)8-13/h2-9H,1H3,(H2,21,22,23). The highest BCUT2D eigenvalue weighted by Crippen LogP contribution is 2.24. The summed E-state index contributed by atoms with van der Waals surface area (Å²) in [5.74, 6) is -0.533. The molecule has 1 heterocycles. The summed E-state index contributed by atoms with van der Waals surface area (Å²) in [6.07, 6.45) is 0. The highest BCUT2D eigenvalue weighted by molar-refractivity contribution is 7.09. The second-order valence-corrected chi connectivity index (χ2v) is 6.51. The van der Waals surface area contributed by atoms with Crippen molar-refractivity contribution in [1.29, 1.82) is 0 Å². The Hall–Kier alpha value is -2.44. The van der Waals surface area contributed by atoms with Gasteiger partial charge in [0.2, 0.25) is 0 Å². The monoisotopic (exact) mass is 361 g/mol. The van der Waals surface area contributed by atoms with Crippen LogP contribution in [0.25, 0.3) is 11.3 Å². The molecule has 0 aliphatic rings. The van der Waals surface area contributed by atoms with Gasteiger partial charge in [-0.25, -0.2) is 14.2 Å². The Labute approximate surface area is 147 Å². The highest BCUT2D eigenvalue weighted by atomic mass is 35.5. The summed E-state index contributed by atoms with van der Waals surface area (Å²) in [4.78, 5) is 16.5. The van der Waals surface area contributed by atoms with Crippen molar-refractivity contribution < 1.29 is 9.18 Å². The highest BCUT2D eigenvalue weighted by Gasteiger charge is 2.07. The lowest BCUT2D eigenvalue weighted by molar-refractivity contribution is 0.262. The molecule has 1 aromatic heterocycles. The SMILES string of the molecule is Cc1nc(-c2cccc(NC(=O)Nc3ccc(F)c(Cl)c3)c2)cs1. The number of benzene rings is 2. The van der Waals surface area contributed by atoms with Gasteiger partial charge in [0.15, 0.2) is 0 Å². The quantitative estimate of drug-likeness (QED) is 0.642. The predicted molar refractivity (Wildman–Crippen MR) is 96.3 cm³/mol. The van der Waals surface area contributed by atoms with Gasteiger partial charge < -0.3 is 10.6 Å². The van der Waals surface area contributed by atoms with E-state index in [4.69, 9.17) is 11.6 Å². The molecule has 0 fully saturated rings. The number of rotatable bonds is 3. The van der Waals surface area contributed by atoms with Crippen LogP contribution < -0.4 is 10.6 Å². The zero-order chi connectivity index (χ0) is 17.1. The minimum atomic E-state index is -0.533. The van der Waals surface area contributed by atoms with E-state index in [9.17, 15) is 9.18 Å². The van der Waals surface area contributed by atoms with E-state index in [2.05, 4.69) is 15.6 Å². The van der Waals surface area contributed by atoms with Crippen LogP contribution in [0.4, 0.5) is 20.6 Å². The van der Waals surface area contributed by atoms with Gasteiger partial charge in [0, 0.05) is 22.3 Å². The van der Waals surface area contributed by atoms with Gasteiger partial charge in [-0.2, -0.15) is 0 Å². The molecule has 2 aromatic carbocycles. The van der Waals surface area contributed by atoms with E-state index in [-0.39, 0.29) is 5.02 Å². The van der Waals surface area contributed by atoms with Crippen LogP contribution in [-0.2, 0) is 0 Å². The van der Waals surface area contributed by atoms with Crippen molar-refractivity contribution in [2.75, 3.05) is 10.6 Å². The van der Waals surface area contributed by atoms with Crippen molar-refractivity contribution in [2.45, 2.75) is 6.92 Å². The van der Waals surface area contributed by atoms with E-state index < -0.39 is 11.8 Å². The van der Waals surface area contributed by atoms with Gasteiger partial charge in [0.1, 0.15) is 5.82 Å². The Balaban J connectivity index is 1.71. The first-order valence-electron chi connectivity index (χ1n) is 7.07. The molecule has 2 amide bonds. The van der Waals surface area contributed by atoms with Gasteiger partial charge in [-0.3, -0.25) is 0 Å². The molecule has 4 nitrogen and oxygen atoms in total. The predicted octanol–water partition coefficient (Wildman–Crippen LogP) is 5.56. The molecule has 122 valence electrons. The molecule has 0 aliphatic heterocycles. The van der Waals surface area contributed by atoms with Gasteiger partial charge in [-0.05, 0) is 37.3 Å². The smallest absolute Gasteiger partial charge is 0.308 e. The number of amides is 2. The number of carbonyl (C=O) groups is 1. The fourth-order valence-corrected chi connectivity index (χ4v) is 2.92. The molecule has 3 rings (SSSR count). The molecule has 0 bridgehead atoms. The molecular weight excluding hydrogens is 349 g/mol. The fraction of sp³-hybridized carbons (Fsp3) is 0.0588. The van der Waals surface area contributed by atoms with Crippen molar-refractivity contribution in [1.82, 2.24) is 4.98 Å². The van der Waals surface area contributed by atoms with Crippen LogP contribution in [0.15, 0.2) is 47.8 Å². The molecular formula is C17H13ClFN3OS. The molecule has 0 radical (unpaired) electrons. The van der Waals surface area contributed by atoms with Gasteiger partial charge in [0.25, 0.3) is 0 Å². The molecule has 0 saturated carbocycles. The maximum absolute atomic E-state index is 13.1. The maximum atomic E-state index is 13.1. The Morgan fingerprint density at radius 3 is 2.58 bits per heavy atom. The number of hydrogen-bond acceptors (Lipinski definition) is 3. The van der Waals surface area contributed by atoms with Gasteiger partial charge in [-0.15, -0.1) is 11.3 Å². The van der Waals surface area contributed by atoms with Crippen LogP contribution in [0, 0.1) is 12.7 Å². The molecule has 0 spiro atoms. The van der Waals surface area contributed by atoms with Crippen LogP contribution in [0.1, 0.15) is 5.01 Å². The summed E-state index contributed by atoms with van der Waals surface area (Å²) >= 11 is 7.26.